The standard InChI is InChI=1S/C12H16FNO/c1-4-12(2,3)11(15)14-10-8-6-5-7-9(10)13/h5-8H,4H2,1-3H3,(H,14,15). The molecule has 0 atom stereocenters. The molecule has 0 radical (unpaired) electrons. The molecule has 1 rings (SSSR count). The van der Waals surface area contributed by atoms with E-state index in [0.29, 0.717) is 6.42 Å². The summed E-state index contributed by atoms with van der Waals surface area (Å²) in [4.78, 5) is 11.7. The second kappa shape index (κ2) is 4.43. The summed E-state index contributed by atoms with van der Waals surface area (Å²) in [6, 6.07) is 6.17. The number of nitrogens with one attached hydrogen (secondary N) is 1. The lowest BCUT2D eigenvalue weighted by Gasteiger charge is -2.21. The maximum Gasteiger partial charge on any atom is 0.230 e. The molecule has 0 saturated carbocycles. The minimum absolute atomic E-state index is 0.157. The van der Waals surface area contributed by atoms with Crippen molar-refractivity contribution in [1.29, 1.82) is 0 Å². The first-order chi connectivity index (χ1) is 6.97. The minimum atomic E-state index is -0.470. The van der Waals surface area contributed by atoms with Gasteiger partial charge in [-0.2, -0.15) is 0 Å². The van der Waals surface area contributed by atoms with E-state index in [2.05, 4.69) is 5.32 Å². The van der Waals surface area contributed by atoms with Gasteiger partial charge in [0, 0.05) is 5.41 Å². The number of hydrogen-bond donors (Lipinski definition) is 1. The van der Waals surface area contributed by atoms with Gasteiger partial charge in [0.25, 0.3) is 0 Å². The number of anilines is 1. The third-order valence-corrected chi connectivity index (χ3v) is 2.62. The van der Waals surface area contributed by atoms with Gasteiger partial charge in [-0.1, -0.05) is 32.9 Å². The van der Waals surface area contributed by atoms with E-state index in [-0.39, 0.29) is 11.6 Å². The molecule has 0 bridgehead atoms. The summed E-state index contributed by atoms with van der Waals surface area (Å²) in [5, 5.41) is 2.59. The van der Waals surface area contributed by atoms with Crippen LogP contribution >= 0.6 is 0 Å². The quantitative estimate of drug-likeness (QED) is 0.813. The van der Waals surface area contributed by atoms with Crippen molar-refractivity contribution in [1.82, 2.24) is 0 Å². The second-order valence-corrected chi connectivity index (χ2v) is 4.17. The molecule has 0 fully saturated rings. The molecule has 1 amide bonds. The Bertz CT molecular complexity index is 360. The van der Waals surface area contributed by atoms with Gasteiger partial charge in [0.15, 0.2) is 0 Å². The van der Waals surface area contributed by atoms with E-state index in [1.165, 1.54) is 6.07 Å². The Morgan fingerprint density at radius 3 is 2.53 bits per heavy atom. The van der Waals surface area contributed by atoms with Gasteiger partial charge in [-0.3, -0.25) is 4.79 Å². The average Bonchev–Trinajstić information content (AvgIpc) is 2.21. The van der Waals surface area contributed by atoms with Crippen LogP contribution in [-0.4, -0.2) is 5.91 Å². The molecular weight excluding hydrogens is 193 g/mol. The molecule has 2 nitrogen and oxygen atoms in total. The summed E-state index contributed by atoms with van der Waals surface area (Å²) in [6.45, 7) is 5.60. The summed E-state index contributed by atoms with van der Waals surface area (Å²) in [5.74, 6) is -0.562. The molecule has 82 valence electrons. The van der Waals surface area contributed by atoms with Crippen LogP contribution in [0.5, 0.6) is 0 Å². The van der Waals surface area contributed by atoms with Crippen molar-refractivity contribution < 1.29 is 9.18 Å². The molecule has 0 spiro atoms. The molecule has 3 heteroatoms. The van der Waals surface area contributed by atoms with Crippen molar-refractivity contribution in [2.75, 3.05) is 5.32 Å². The predicted molar refractivity (Wildman–Crippen MR) is 59.1 cm³/mol. The van der Waals surface area contributed by atoms with E-state index in [0.717, 1.165) is 0 Å². The van der Waals surface area contributed by atoms with Crippen LogP contribution in [0.3, 0.4) is 0 Å². The fourth-order valence-corrected chi connectivity index (χ4v) is 1.01. The maximum absolute atomic E-state index is 13.2. The summed E-state index contributed by atoms with van der Waals surface area (Å²) in [5.41, 5.74) is -0.230. The van der Waals surface area contributed by atoms with Crippen molar-refractivity contribution in [2.45, 2.75) is 27.2 Å². The van der Waals surface area contributed by atoms with Crippen molar-refractivity contribution in [3.63, 3.8) is 0 Å². The summed E-state index contributed by atoms with van der Waals surface area (Å²) in [6.07, 6.45) is 0.716. The highest BCUT2D eigenvalue weighted by molar-refractivity contribution is 5.94. The highest BCUT2D eigenvalue weighted by atomic mass is 19.1. The van der Waals surface area contributed by atoms with Crippen LogP contribution in [0.2, 0.25) is 0 Å². The number of benzene rings is 1. The topological polar surface area (TPSA) is 29.1 Å². The van der Waals surface area contributed by atoms with Crippen molar-refractivity contribution in [2.24, 2.45) is 5.41 Å². The highest BCUT2D eigenvalue weighted by Crippen LogP contribution is 2.23. The van der Waals surface area contributed by atoms with E-state index in [9.17, 15) is 9.18 Å². The average molecular weight is 209 g/mol. The third kappa shape index (κ3) is 2.78. The van der Waals surface area contributed by atoms with Crippen LogP contribution in [0, 0.1) is 11.2 Å². The van der Waals surface area contributed by atoms with Crippen LogP contribution in [0.15, 0.2) is 24.3 Å². The lowest BCUT2D eigenvalue weighted by molar-refractivity contribution is -0.124. The normalized spacial score (nSPS) is 11.2. The minimum Gasteiger partial charge on any atom is -0.323 e. The van der Waals surface area contributed by atoms with Gasteiger partial charge in [-0.25, -0.2) is 4.39 Å². The van der Waals surface area contributed by atoms with Gasteiger partial charge in [0.05, 0.1) is 5.69 Å². The predicted octanol–water partition coefficient (Wildman–Crippen LogP) is 3.20. The molecular formula is C12H16FNO. The van der Waals surface area contributed by atoms with Crippen LogP contribution in [-0.2, 0) is 4.79 Å². The molecule has 0 aliphatic heterocycles. The van der Waals surface area contributed by atoms with Gasteiger partial charge < -0.3 is 5.32 Å². The Morgan fingerprint density at radius 2 is 2.00 bits per heavy atom. The fraction of sp³-hybridized carbons (Fsp3) is 0.417. The second-order valence-electron chi connectivity index (χ2n) is 4.17. The molecule has 1 N–H and O–H groups in total. The summed E-state index contributed by atoms with van der Waals surface area (Å²) in [7, 11) is 0. The van der Waals surface area contributed by atoms with Crippen LogP contribution < -0.4 is 5.32 Å². The van der Waals surface area contributed by atoms with Crippen molar-refractivity contribution in [3.05, 3.63) is 30.1 Å². The van der Waals surface area contributed by atoms with Crippen LogP contribution in [0.4, 0.5) is 10.1 Å². The van der Waals surface area contributed by atoms with Crippen molar-refractivity contribution in [3.8, 4) is 0 Å². The zero-order chi connectivity index (χ0) is 11.5. The molecule has 0 aromatic heterocycles. The van der Waals surface area contributed by atoms with Gasteiger partial charge in [0.2, 0.25) is 5.91 Å². The molecule has 0 heterocycles. The monoisotopic (exact) mass is 209 g/mol. The maximum atomic E-state index is 13.2. The largest absolute Gasteiger partial charge is 0.323 e. The van der Waals surface area contributed by atoms with Crippen LogP contribution in [0.25, 0.3) is 0 Å². The lowest BCUT2D eigenvalue weighted by atomic mass is 9.89. The first kappa shape index (κ1) is 11.7. The Labute approximate surface area is 89.5 Å². The first-order valence-corrected chi connectivity index (χ1v) is 5.03. The summed E-state index contributed by atoms with van der Waals surface area (Å²) < 4.78 is 13.2. The molecule has 0 aliphatic rings. The number of rotatable bonds is 3. The van der Waals surface area contributed by atoms with Gasteiger partial charge >= 0.3 is 0 Å². The van der Waals surface area contributed by atoms with Crippen LogP contribution in [0.1, 0.15) is 27.2 Å². The number of para-hydroxylation sites is 1. The summed E-state index contributed by atoms with van der Waals surface area (Å²) >= 11 is 0. The Kier molecular flexibility index (Phi) is 3.45. The number of carbonyl (C=O) groups is 1. The van der Waals surface area contributed by atoms with Gasteiger partial charge in [0.1, 0.15) is 5.82 Å². The molecule has 15 heavy (non-hydrogen) atoms. The molecule has 0 saturated heterocycles. The number of hydrogen-bond acceptors (Lipinski definition) is 1. The Balaban J connectivity index is 2.80. The van der Waals surface area contributed by atoms with Gasteiger partial charge in [-0.05, 0) is 18.6 Å². The molecule has 1 aromatic carbocycles. The Hall–Kier alpha value is -1.38. The molecule has 0 aliphatic carbocycles. The van der Waals surface area contributed by atoms with Crippen molar-refractivity contribution >= 4 is 11.6 Å². The van der Waals surface area contributed by atoms with E-state index >= 15 is 0 Å². The van der Waals surface area contributed by atoms with E-state index in [1.807, 2.05) is 20.8 Å². The zero-order valence-corrected chi connectivity index (χ0v) is 9.30. The van der Waals surface area contributed by atoms with Gasteiger partial charge in [-0.15, -0.1) is 0 Å². The molecule has 1 aromatic rings. The first-order valence-electron chi connectivity index (χ1n) is 5.03. The van der Waals surface area contributed by atoms with E-state index in [4.69, 9.17) is 0 Å². The zero-order valence-electron chi connectivity index (χ0n) is 9.30. The fourth-order valence-electron chi connectivity index (χ4n) is 1.01. The Morgan fingerprint density at radius 1 is 1.40 bits per heavy atom. The number of carbonyl (C=O) groups excluding carboxylic acids is 1. The van der Waals surface area contributed by atoms with E-state index < -0.39 is 11.2 Å². The third-order valence-electron chi connectivity index (χ3n) is 2.62. The lowest BCUT2D eigenvalue weighted by Crippen LogP contribution is -2.30. The highest BCUT2D eigenvalue weighted by Gasteiger charge is 2.25. The van der Waals surface area contributed by atoms with E-state index in [1.54, 1.807) is 18.2 Å². The molecule has 0 unspecified atom stereocenters. The smallest absolute Gasteiger partial charge is 0.230 e. The number of amides is 1. The SMILES string of the molecule is CCC(C)(C)C(=O)Nc1ccccc1F. The number of halogens is 1.